The lowest BCUT2D eigenvalue weighted by Gasteiger charge is -2.30. The number of nitrogens with one attached hydrogen (secondary N) is 2. The molecule has 1 fully saturated rings. The van der Waals surface area contributed by atoms with Crippen LogP contribution in [0.5, 0.6) is 0 Å². The Labute approximate surface area is 198 Å². The van der Waals surface area contributed by atoms with Crippen molar-refractivity contribution in [2.75, 3.05) is 45.8 Å². The van der Waals surface area contributed by atoms with E-state index < -0.39 is 0 Å². The molecule has 2 heterocycles. The standard InChI is InChI=1S/C23H37N5O.HI/c1-3-24-23(25-12-6-13-27-14-9-19(2)10-15-27)26-17-22(29)28-16-11-20-7-4-5-8-21(20)18-28;/h4-5,7-8,19H,3,6,9-18H2,1-2H3,(H2,24,25,26);1H. The summed E-state index contributed by atoms with van der Waals surface area (Å²) in [6, 6.07) is 8.39. The molecule has 1 amide bonds. The van der Waals surface area contributed by atoms with Gasteiger partial charge in [-0.05, 0) is 69.3 Å². The Balaban J connectivity index is 0.00000320. The highest BCUT2D eigenvalue weighted by Gasteiger charge is 2.20. The lowest BCUT2D eigenvalue weighted by molar-refractivity contribution is -0.130. The lowest BCUT2D eigenvalue weighted by atomic mass is 9.99. The topological polar surface area (TPSA) is 60.0 Å². The minimum absolute atomic E-state index is 0. The molecule has 0 saturated carbocycles. The Morgan fingerprint density at radius 3 is 2.60 bits per heavy atom. The van der Waals surface area contributed by atoms with E-state index in [2.05, 4.69) is 52.6 Å². The Morgan fingerprint density at radius 1 is 1.13 bits per heavy atom. The van der Waals surface area contributed by atoms with Gasteiger partial charge in [0.05, 0.1) is 0 Å². The highest BCUT2D eigenvalue weighted by molar-refractivity contribution is 14.0. The first-order valence-corrected chi connectivity index (χ1v) is 11.2. The quantitative estimate of drug-likeness (QED) is 0.248. The minimum Gasteiger partial charge on any atom is -0.357 e. The molecule has 30 heavy (non-hydrogen) atoms. The summed E-state index contributed by atoms with van der Waals surface area (Å²) in [5.41, 5.74) is 2.62. The predicted molar refractivity (Wildman–Crippen MR) is 134 cm³/mol. The summed E-state index contributed by atoms with van der Waals surface area (Å²) in [6.45, 7) is 11.3. The third kappa shape index (κ3) is 7.72. The molecule has 2 aliphatic rings. The van der Waals surface area contributed by atoms with Crippen molar-refractivity contribution < 1.29 is 4.79 Å². The molecule has 6 nitrogen and oxygen atoms in total. The van der Waals surface area contributed by atoms with Gasteiger partial charge in [-0.3, -0.25) is 4.79 Å². The van der Waals surface area contributed by atoms with Gasteiger partial charge in [0.2, 0.25) is 5.91 Å². The number of likely N-dealkylation sites (tertiary alicyclic amines) is 1. The number of carbonyl (C=O) groups is 1. The van der Waals surface area contributed by atoms with Crippen molar-refractivity contribution in [3.05, 3.63) is 35.4 Å². The first-order chi connectivity index (χ1) is 14.2. The van der Waals surface area contributed by atoms with Gasteiger partial charge in [-0.1, -0.05) is 31.2 Å². The molecule has 7 heteroatoms. The summed E-state index contributed by atoms with van der Waals surface area (Å²) in [5.74, 6) is 1.72. The molecular weight excluding hydrogens is 489 g/mol. The maximum atomic E-state index is 12.6. The monoisotopic (exact) mass is 527 g/mol. The van der Waals surface area contributed by atoms with E-state index in [-0.39, 0.29) is 36.4 Å². The van der Waals surface area contributed by atoms with Crippen LogP contribution in [0.15, 0.2) is 29.3 Å². The SMILES string of the molecule is CCNC(=NCC(=O)N1CCc2ccccc2C1)NCCCN1CCC(C)CC1.I. The molecule has 168 valence electrons. The van der Waals surface area contributed by atoms with Crippen LogP contribution >= 0.6 is 24.0 Å². The molecule has 0 radical (unpaired) electrons. The van der Waals surface area contributed by atoms with Crippen molar-refractivity contribution in [2.24, 2.45) is 10.9 Å². The molecule has 3 rings (SSSR count). The van der Waals surface area contributed by atoms with Crippen LogP contribution in [0.4, 0.5) is 0 Å². The van der Waals surface area contributed by atoms with Crippen molar-refractivity contribution in [1.82, 2.24) is 20.4 Å². The second-order valence-electron chi connectivity index (χ2n) is 8.33. The molecule has 1 saturated heterocycles. The van der Waals surface area contributed by atoms with Crippen LogP contribution < -0.4 is 10.6 Å². The number of piperidine rings is 1. The molecule has 0 unspecified atom stereocenters. The normalized spacial score (nSPS) is 17.8. The number of halogens is 1. The summed E-state index contributed by atoms with van der Waals surface area (Å²) in [7, 11) is 0. The maximum absolute atomic E-state index is 12.6. The number of rotatable bonds is 7. The van der Waals surface area contributed by atoms with Crippen LogP contribution in [-0.4, -0.2) is 67.5 Å². The largest absolute Gasteiger partial charge is 0.357 e. The van der Waals surface area contributed by atoms with Gasteiger partial charge in [0.1, 0.15) is 6.54 Å². The van der Waals surface area contributed by atoms with Crippen LogP contribution in [0.1, 0.15) is 44.2 Å². The molecule has 0 bridgehead atoms. The van der Waals surface area contributed by atoms with Crippen LogP contribution in [0.2, 0.25) is 0 Å². The highest BCUT2D eigenvalue weighted by atomic mass is 127. The van der Waals surface area contributed by atoms with E-state index in [1.165, 1.54) is 37.1 Å². The molecule has 0 aromatic heterocycles. The fourth-order valence-electron chi connectivity index (χ4n) is 4.09. The fraction of sp³-hybridized carbons (Fsp3) is 0.652. The molecule has 1 aromatic carbocycles. The Bertz CT molecular complexity index is 688. The number of aliphatic imine (C=N–C) groups is 1. The number of carbonyl (C=O) groups excluding carboxylic acids is 1. The average molecular weight is 527 g/mol. The zero-order chi connectivity index (χ0) is 20.5. The first-order valence-electron chi connectivity index (χ1n) is 11.2. The summed E-state index contributed by atoms with van der Waals surface area (Å²) >= 11 is 0. The van der Waals surface area contributed by atoms with Crippen molar-refractivity contribution in [3.8, 4) is 0 Å². The van der Waals surface area contributed by atoms with E-state index >= 15 is 0 Å². The summed E-state index contributed by atoms with van der Waals surface area (Å²) in [6.07, 6.45) is 4.66. The van der Waals surface area contributed by atoms with Gasteiger partial charge in [0, 0.05) is 26.2 Å². The van der Waals surface area contributed by atoms with E-state index in [9.17, 15) is 4.79 Å². The number of amides is 1. The zero-order valence-electron chi connectivity index (χ0n) is 18.5. The van der Waals surface area contributed by atoms with E-state index in [0.29, 0.717) is 6.54 Å². The van der Waals surface area contributed by atoms with E-state index in [0.717, 1.165) is 50.9 Å². The first kappa shape index (κ1) is 24.9. The average Bonchev–Trinajstić information content (AvgIpc) is 2.75. The third-order valence-corrected chi connectivity index (χ3v) is 6.02. The number of benzene rings is 1. The fourth-order valence-corrected chi connectivity index (χ4v) is 4.09. The van der Waals surface area contributed by atoms with Crippen LogP contribution in [-0.2, 0) is 17.8 Å². The minimum atomic E-state index is 0. The number of hydrogen-bond acceptors (Lipinski definition) is 3. The zero-order valence-corrected chi connectivity index (χ0v) is 20.9. The second kappa shape index (κ2) is 13.1. The number of hydrogen-bond donors (Lipinski definition) is 2. The van der Waals surface area contributed by atoms with Gasteiger partial charge in [-0.2, -0.15) is 0 Å². The molecular formula is C23H38IN5O. The van der Waals surface area contributed by atoms with Gasteiger partial charge in [-0.15, -0.1) is 24.0 Å². The Morgan fingerprint density at radius 2 is 1.87 bits per heavy atom. The van der Waals surface area contributed by atoms with E-state index in [4.69, 9.17) is 0 Å². The molecule has 0 aliphatic carbocycles. The highest BCUT2D eigenvalue weighted by Crippen LogP contribution is 2.18. The molecule has 2 aliphatic heterocycles. The third-order valence-electron chi connectivity index (χ3n) is 6.02. The van der Waals surface area contributed by atoms with Crippen LogP contribution in [0.25, 0.3) is 0 Å². The Kier molecular flexibility index (Phi) is 10.9. The maximum Gasteiger partial charge on any atom is 0.244 e. The lowest BCUT2D eigenvalue weighted by Crippen LogP contribution is -2.41. The molecule has 1 aromatic rings. The predicted octanol–water partition coefficient (Wildman–Crippen LogP) is 2.87. The second-order valence-corrected chi connectivity index (χ2v) is 8.33. The summed E-state index contributed by atoms with van der Waals surface area (Å²) in [5, 5.41) is 6.64. The van der Waals surface area contributed by atoms with Crippen molar-refractivity contribution in [2.45, 2.75) is 46.1 Å². The van der Waals surface area contributed by atoms with Crippen molar-refractivity contribution >= 4 is 35.8 Å². The number of fused-ring (bicyclic) bond motifs is 1. The smallest absolute Gasteiger partial charge is 0.244 e. The van der Waals surface area contributed by atoms with Crippen molar-refractivity contribution in [3.63, 3.8) is 0 Å². The van der Waals surface area contributed by atoms with Gasteiger partial charge in [0.15, 0.2) is 5.96 Å². The molecule has 2 N–H and O–H groups in total. The summed E-state index contributed by atoms with van der Waals surface area (Å²) < 4.78 is 0. The van der Waals surface area contributed by atoms with Gasteiger partial charge in [-0.25, -0.2) is 4.99 Å². The summed E-state index contributed by atoms with van der Waals surface area (Å²) in [4.78, 5) is 21.6. The van der Waals surface area contributed by atoms with Crippen molar-refractivity contribution in [1.29, 1.82) is 0 Å². The molecule has 0 spiro atoms. The number of guanidine groups is 1. The van der Waals surface area contributed by atoms with Crippen LogP contribution in [0.3, 0.4) is 0 Å². The van der Waals surface area contributed by atoms with E-state index in [1.54, 1.807) is 0 Å². The van der Waals surface area contributed by atoms with Gasteiger partial charge in [0.25, 0.3) is 0 Å². The number of nitrogens with zero attached hydrogens (tertiary/aromatic N) is 3. The Hall–Kier alpha value is -1.35. The van der Waals surface area contributed by atoms with E-state index in [1.807, 2.05) is 11.0 Å². The van der Waals surface area contributed by atoms with Gasteiger partial charge < -0.3 is 20.4 Å². The molecule has 0 atom stereocenters. The van der Waals surface area contributed by atoms with Crippen LogP contribution in [0, 0.1) is 5.92 Å². The van der Waals surface area contributed by atoms with Gasteiger partial charge >= 0.3 is 0 Å².